The summed E-state index contributed by atoms with van der Waals surface area (Å²) in [6, 6.07) is 13.9. The van der Waals surface area contributed by atoms with Crippen molar-refractivity contribution in [3.8, 4) is 11.1 Å². The first-order valence-electron chi connectivity index (χ1n) is 4.76. The van der Waals surface area contributed by atoms with Crippen molar-refractivity contribution in [3.05, 3.63) is 54.9 Å². The standard InChI is InChI=1S/C13H8NO/c1-2-5-10(6-3-1)12-9-15-13-11(12)7-4-8-14-13/h1-8H. The topological polar surface area (TPSA) is 26.0 Å². The highest BCUT2D eigenvalue weighted by atomic mass is 16.3. The Kier molecular flexibility index (Phi) is 1.78. The van der Waals surface area contributed by atoms with Crippen molar-refractivity contribution < 1.29 is 4.42 Å². The molecule has 1 aromatic carbocycles. The van der Waals surface area contributed by atoms with E-state index in [-0.39, 0.29) is 0 Å². The van der Waals surface area contributed by atoms with Crippen LogP contribution in [0.15, 0.2) is 53.1 Å². The molecule has 0 spiro atoms. The average molecular weight is 194 g/mol. The molecule has 15 heavy (non-hydrogen) atoms. The molecule has 0 saturated heterocycles. The van der Waals surface area contributed by atoms with Crippen molar-refractivity contribution in [2.24, 2.45) is 0 Å². The van der Waals surface area contributed by atoms with Gasteiger partial charge in [-0.2, -0.15) is 0 Å². The van der Waals surface area contributed by atoms with Crippen molar-refractivity contribution in [1.82, 2.24) is 4.98 Å². The Bertz CT molecular complexity index is 584. The van der Waals surface area contributed by atoms with Crippen LogP contribution < -0.4 is 0 Å². The normalized spacial score (nSPS) is 10.7. The van der Waals surface area contributed by atoms with E-state index in [1.165, 1.54) is 0 Å². The van der Waals surface area contributed by atoms with Crippen molar-refractivity contribution in [2.75, 3.05) is 0 Å². The number of hydrogen-bond acceptors (Lipinski definition) is 2. The smallest absolute Gasteiger partial charge is 0.227 e. The van der Waals surface area contributed by atoms with Gasteiger partial charge in [0.1, 0.15) is 0 Å². The van der Waals surface area contributed by atoms with Gasteiger partial charge >= 0.3 is 0 Å². The first-order valence-corrected chi connectivity index (χ1v) is 4.76. The molecule has 0 unspecified atom stereocenters. The third kappa shape index (κ3) is 1.31. The fourth-order valence-corrected chi connectivity index (χ4v) is 1.64. The first-order chi connectivity index (χ1) is 7.45. The number of hydrogen-bond donors (Lipinski definition) is 0. The van der Waals surface area contributed by atoms with Gasteiger partial charge in [0.25, 0.3) is 0 Å². The van der Waals surface area contributed by atoms with Gasteiger partial charge in [-0.3, -0.25) is 0 Å². The van der Waals surface area contributed by atoms with Crippen LogP contribution in [0.25, 0.3) is 22.2 Å². The largest absolute Gasteiger partial charge is 0.434 e. The van der Waals surface area contributed by atoms with E-state index in [2.05, 4.69) is 11.2 Å². The summed E-state index contributed by atoms with van der Waals surface area (Å²) < 4.78 is 5.27. The van der Waals surface area contributed by atoms with E-state index in [1.54, 1.807) is 6.20 Å². The molecule has 0 N–H and O–H groups in total. The summed E-state index contributed by atoms with van der Waals surface area (Å²) in [5.74, 6) is 0. The Morgan fingerprint density at radius 3 is 2.73 bits per heavy atom. The van der Waals surface area contributed by atoms with E-state index >= 15 is 0 Å². The van der Waals surface area contributed by atoms with Crippen LogP contribution in [0.4, 0.5) is 0 Å². The van der Waals surface area contributed by atoms with Gasteiger partial charge in [-0.1, -0.05) is 30.3 Å². The van der Waals surface area contributed by atoms with Gasteiger partial charge in [0.2, 0.25) is 5.71 Å². The molecule has 0 atom stereocenters. The number of furan rings is 1. The monoisotopic (exact) mass is 194 g/mol. The molecule has 3 rings (SSSR count). The SMILES string of the molecule is [c]1oc2ncccc2c1-c1ccccc1. The maximum absolute atomic E-state index is 5.27. The predicted molar refractivity (Wildman–Crippen MR) is 58.3 cm³/mol. The van der Waals surface area contributed by atoms with Crippen LogP contribution in [0.3, 0.4) is 0 Å². The molecule has 2 aromatic heterocycles. The third-order valence-corrected chi connectivity index (χ3v) is 2.35. The first kappa shape index (κ1) is 8.24. The maximum atomic E-state index is 5.27. The minimum atomic E-state index is 0.636. The zero-order valence-electron chi connectivity index (χ0n) is 7.97. The lowest BCUT2D eigenvalue weighted by atomic mass is 10.1. The molecule has 2 nitrogen and oxygen atoms in total. The van der Waals surface area contributed by atoms with Gasteiger partial charge < -0.3 is 4.42 Å². The summed E-state index contributed by atoms with van der Waals surface area (Å²) in [7, 11) is 0. The van der Waals surface area contributed by atoms with E-state index in [0.29, 0.717) is 5.71 Å². The molecule has 71 valence electrons. The summed E-state index contributed by atoms with van der Waals surface area (Å²) >= 11 is 0. The van der Waals surface area contributed by atoms with E-state index in [1.807, 2.05) is 42.5 Å². The highest BCUT2D eigenvalue weighted by molar-refractivity contribution is 5.91. The Morgan fingerprint density at radius 1 is 1.00 bits per heavy atom. The van der Waals surface area contributed by atoms with Gasteiger partial charge in [-0.05, 0) is 17.7 Å². The van der Waals surface area contributed by atoms with Gasteiger partial charge in [0.15, 0.2) is 6.26 Å². The van der Waals surface area contributed by atoms with Gasteiger partial charge in [-0.25, -0.2) is 4.98 Å². The van der Waals surface area contributed by atoms with E-state index in [0.717, 1.165) is 16.5 Å². The van der Waals surface area contributed by atoms with Crippen LogP contribution in [-0.2, 0) is 0 Å². The highest BCUT2D eigenvalue weighted by Crippen LogP contribution is 2.28. The lowest BCUT2D eigenvalue weighted by molar-refractivity contribution is 0.595. The Morgan fingerprint density at radius 2 is 1.87 bits per heavy atom. The van der Waals surface area contributed by atoms with Crippen LogP contribution in [0.2, 0.25) is 0 Å². The minimum Gasteiger partial charge on any atom is -0.434 e. The molecule has 0 amide bonds. The molecule has 1 radical (unpaired) electrons. The zero-order valence-corrected chi connectivity index (χ0v) is 7.97. The van der Waals surface area contributed by atoms with E-state index < -0.39 is 0 Å². The number of nitrogens with zero attached hydrogens (tertiary/aromatic N) is 1. The van der Waals surface area contributed by atoms with Gasteiger partial charge in [0.05, 0.1) is 0 Å². The molecule has 2 heteroatoms. The summed E-state index contributed by atoms with van der Waals surface area (Å²) in [5, 5.41) is 1.00. The van der Waals surface area contributed by atoms with Crippen LogP contribution in [0.1, 0.15) is 0 Å². The fourth-order valence-electron chi connectivity index (χ4n) is 1.64. The van der Waals surface area contributed by atoms with Crippen molar-refractivity contribution >= 4 is 11.1 Å². The second-order valence-corrected chi connectivity index (χ2v) is 3.30. The fraction of sp³-hybridized carbons (Fsp3) is 0. The van der Waals surface area contributed by atoms with Crippen molar-refractivity contribution in [3.63, 3.8) is 0 Å². The van der Waals surface area contributed by atoms with Crippen LogP contribution in [-0.4, -0.2) is 4.98 Å². The Hall–Kier alpha value is -2.09. The number of benzene rings is 1. The highest BCUT2D eigenvalue weighted by Gasteiger charge is 2.07. The van der Waals surface area contributed by atoms with Crippen LogP contribution >= 0.6 is 0 Å². The molecular weight excluding hydrogens is 186 g/mol. The molecule has 2 heterocycles. The quantitative estimate of drug-likeness (QED) is 0.594. The van der Waals surface area contributed by atoms with Gasteiger partial charge in [0, 0.05) is 17.1 Å². The molecule has 0 bridgehead atoms. The minimum absolute atomic E-state index is 0.636. The molecule has 0 aliphatic rings. The Balaban J connectivity index is 2.28. The number of pyridine rings is 1. The maximum Gasteiger partial charge on any atom is 0.227 e. The number of aromatic nitrogens is 1. The summed E-state index contributed by atoms with van der Waals surface area (Å²) in [6.07, 6.45) is 4.61. The molecule has 0 aliphatic carbocycles. The average Bonchev–Trinajstić information content (AvgIpc) is 2.74. The molecular formula is C13H8NO. The molecule has 0 fully saturated rings. The second kappa shape index (κ2) is 3.24. The molecule has 0 saturated carbocycles. The van der Waals surface area contributed by atoms with E-state index in [9.17, 15) is 0 Å². The lowest BCUT2D eigenvalue weighted by Gasteiger charge is -1.95. The molecule has 0 aliphatic heterocycles. The van der Waals surface area contributed by atoms with Crippen LogP contribution in [0.5, 0.6) is 0 Å². The van der Waals surface area contributed by atoms with Gasteiger partial charge in [-0.15, -0.1) is 0 Å². The third-order valence-electron chi connectivity index (χ3n) is 2.35. The summed E-state index contributed by atoms with van der Waals surface area (Å²) in [4.78, 5) is 4.13. The summed E-state index contributed by atoms with van der Waals surface area (Å²) in [6.45, 7) is 0. The Labute approximate surface area is 87.2 Å². The molecule has 3 aromatic rings. The summed E-state index contributed by atoms with van der Waals surface area (Å²) in [5.41, 5.74) is 2.71. The van der Waals surface area contributed by atoms with E-state index in [4.69, 9.17) is 4.42 Å². The predicted octanol–water partition coefficient (Wildman–Crippen LogP) is 3.29. The second-order valence-electron chi connectivity index (χ2n) is 3.30. The zero-order chi connectivity index (χ0) is 10.1. The van der Waals surface area contributed by atoms with Crippen LogP contribution in [0, 0.1) is 6.26 Å². The number of fused-ring (bicyclic) bond motifs is 1. The number of rotatable bonds is 1. The lowest BCUT2D eigenvalue weighted by Crippen LogP contribution is -1.75. The van der Waals surface area contributed by atoms with Crippen molar-refractivity contribution in [1.29, 1.82) is 0 Å². The van der Waals surface area contributed by atoms with Crippen molar-refractivity contribution in [2.45, 2.75) is 0 Å².